The van der Waals surface area contributed by atoms with Crippen molar-refractivity contribution in [3.63, 3.8) is 0 Å². The van der Waals surface area contributed by atoms with Gasteiger partial charge in [0.15, 0.2) is 4.80 Å². The van der Waals surface area contributed by atoms with E-state index in [1.165, 1.54) is 11.3 Å². The number of ether oxygens (including phenoxy) is 3. The number of hydrogen-bond acceptors (Lipinski definition) is 7. The van der Waals surface area contributed by atoms with Gasteiger partial charge in [-0.2, -0.15) is 0 Å². The minimum Gasteiger partial charge on any atom is -0.491 e. The number of carbonyl (C=O) groups excluding carboxylic acids is 1. The monoisotopic (exact) mass is 566 g/mol. The van der Waals surface area contributed by atoms with Gasteiger partial charge in [0.1, 0.15) is 24.1 Å². The number of aromatic nitrogens is 1. The summed E-state index contributed by atoms with van der Waals surface area (Å²) in [6.07, 6.45) is 7.16. The fourth-order valence-electron chi connectivity index (χ4n) is 4.95. The number of para-hydroxylation sites is 1. The molecule has 0 saturated carbocycles. The van der Waals surface area contributed by atoms with E-state index in [4.69, 9.17) is 25.6 Å². The summed E-state index contributed by atoms with van der Waals surface area (Å²) in [6, 6.07) is 18.3. The van der Waals surface area contributed by atoms with Crippen molar-refractivity contribution in [2.24, 2.45) is 4.99 Å². The van der Waals surface area contributed by atoms with Crippen LogP contribution in [0.1, 0.15) is 44.9 Å². The number of terminal acetylenes is 1. The van der Waals surface area contributed by atoms with Crippen LogP contribution in [0.25, 0.3) is 16.8 Å². The third-order valence-electron chi connectivity index (χ3n) is 6.61. The van der Waals surface area contributed by atoms with Crippen LogP contribution in [0.4, 0.5) is 0 Å². The molecule has 5 rings (SSSR count). The highest BCUT2D eigenvalue weighted by atomic mass is 32.1. The van der Waals surface area contributed by atoms with E-state index in [2.05, 4.69) is 5.92 Å². The second-order valence-electron chi connectivity index (χ2n) is 9.70. The Kier molecular flexibility index (Phi) is 8.09. The molecule has 208 valence electrons. The zero-order valence-electron chi connectivity index (χ0n) is 23.3. The number of thiazole rings is 1. The molecule has 0 spiro atoms. The van der Waals surface area contributed by atoms with E-state index in [0.717, 1.165) is 16.3 Å². The maximum absolute atomic E-state index is 14.2. The summed E-state index contributed by atoms with van der Waals surface area (Å²) in [7, 11) is 0. The Morgan fingerprint density at radius 3 is 2.63 bits per heavy atom. The average molecular weight is 567 g/mol. The van der Waals surface area contributed by atoms with Crippen LogP contribution in [-0.2, 0) is 9.53 Å². The van der Waals surface area contributed by atoms with Gasteiger partial charge in [-0.15, -0.1) is 6.42 Å². The quantitative estimate of drug-likeness (QED) is 0.227. The molecule has 2 heterocycles. The van der Waals surface area contributed by atoms with E-state index in [1.54, 1.807) is 18.4 Å². The zero-order valence-corrected chi connectivity index (χ0v) is 24.2. The highest BCUT2D eigenvalue weighted by molar-refractivity contribution is 7.07. The summed E-state index contributed by atoms with van der Waals surface area (Å²) in [5, 5.41) is 1.92. The molecular formula is C33H30N2O5S. The minimum atomic E-state index is -0.785. The van der Waals surface area contributed by atoms with Crippen molar-refractivity contribution in [1.82, 2.24) is 4.57 Å². The lowest BCUT2D eigenvalue weighted by molar-refractivity contribution is -0.139. The van der Waals surface area contributed by atoms with Crippen molar-refractivity contribution in [2.45, 2.75) is 39.8 Å². The summed E-state index contributed by atoms with van der Waals surface area (Å²) >= 11 is 1.25. The van der Waals surface area contributed by atoms with Gasteiger partial charge in [-0.25, -0.2) is 9.79 Å². The molecular weight excluding hydrogens is 536 g/mol. The van der Waals surface area contributed by atoms with Gasteiger partial charge < -0.3 is 14.2 Å². The molecule has 0 amide bonds. The predicted molar refractivity (Wildman–Crippen MR) is 161 cm³/mol. The Morgan fingerprint density at radius 2 is 1.88 bits per heavy atom. The Bertz CT molecular complexity index is 1890. The Hall–Kier alpha value is -4.61. The van der Waals surface area contributed by atoms with Crippen LogP contribution >= 0.6 is 11.3 Å². The molecule has 0 bridgehead atoms. The molecule has 1 aliphatic heterocycles. The van der Waals surface area contributed by atoms with Crippen LogP contribution < -0.4 is 24.4 Å². The highest BCUT2D eigenvalue weighted by Crippen LogP contribution is 2.36. The molecule has 1 atom stereocenters. The molecule has 8 heteroatoms. The Labute approximate surface area is 242 Å². The minimum absolute atomic E-state index is 0.0924. The van der Waals surface area contributed by atoms with E-state index in [-0.39, 0.29) is 24.9 Å². The lowest BCUT2D eigenvalue weighted by atomic mass is 9.95. The van der Waals surface area contributed by atoms with Gasteiger partial charge in [-0.3, -0.25) is 9.36 Å². The van der Waals surface area contributed by atoms with Gasteiger partial charge in [0.25, 0.3) is 5.56 Å². The third kappa shape index (κ3) is 5.41. The second-order valence-corrected chi connectivity index (χ2v) is 10.7. The van der Waals surface area contributed by atoms with Crippen LogP contribution in [0, 0.1) is 12.3 Å². The van der Waals surface area contributed by atoms with Gasteiger partial charge >= 0.3 is 5.97 Å². The number of esters is 1. The lowest BCUT2D eigenvalue weighted by Crippen LogP contribution is -2.40. The molecule has 1 aliphatic rings. The van der Waals surface area contributed by atoms with Crippen LogP contribution in [0.3, 0.4) is 0 Å². The summed E-state index contributed by atoms with van der Waals surface area (Å²) in [5.41, 5.74) is 1.92. The highest BCUT2D eigenvalue weighted by Gasteiger charge is 2.35. The summed E-state index contributed by atoms with van der Waals surface area (Å²) in [4.78, 5) is 32.7. The molecule has 1 aromatic heterocycles. The maximum Gasteiger partial charge on any atom is 0.338 e. The molecule has 0 aliphatic carbocycles. The fraction of sp³-hybridized carbons (Fsp3) is 0.242. The number of hydrogen-bond donors (Lipinski definition) is 0. The van der Waals surface area contributed by atoms with Gasteiger partial charge in [0.2, 0.25) is 0 Å². The zero-order chi connectivity index (χ0) is 29.1. The number of allylic oxidation sites excluding steroid dienone is 1. The summed E-state index contributed by atoms with van der Waals surface area (Å²) in [6.45, 7) is 7.66. The van der Waals surface area contributed by atoms with Crippen molar-refractivity contribution in [2.75, 3.05) is 13.2 Å². The van der Waals surface area contributed by atoms with Crippen LogP contribution in [0.15, 0.2) is 81.7 Å². The van der Waals surface area contributed by atoms with E-state index < -0.39 is 12.0 Å². The van der Waals surface area contributed by atoms with Crippen molar-refractivity contribution in [3.8, 4) is 23.8 Å². The van der Waals surface area contributed by atoms with Crippen LogP contribution in [0.2, 0.25) is 0 Å². The first-order valence-corrected chi connectivity index (χ1v) is 14.2. The predicted octanol–water partition coefficient (Wildman–Crippen LogP) is 4.75. The average Bonchev–Trinajstić information content (AvgIpc) is 3.26. The lowest BCUT2D eigenvalue weighted by Gasteiger charge is -2.26. The Morgan fingerprint density at radius 1 is 1.12 bits per heavy atom. The van der Waals surface area contributed by atoms with E-state index in [1.807, 2.05) is 80.6 Å². The standard InChI is InChI=1S/C33H30N2O5S/c1-6-18-39-26-17-16-22-12-8-9-13-23(22)25(26)19-28-31(36)35-30(24-14-10-11-15-27(24)40-20(3)4)29(32(37)38-7-2)21(5)34-33(35)41-28/h1,8-17,19-20,30H,7,18H2,2-5H3/b28-19-. The van der Waals surface area contributed by atoms with Gasteiger partial charge in [-0.1, -0.05) is 65.8 Å². The molecule has 0 fully saturated rings. The van der Waals surface area contributed by atoms with E-state index in [9.17, 15) is 9.59 Å². The molecule has 41 heavy (non-hydrogen) atoms. The summed E-state index contributed by atoms with van der Waals surface area (Å²) in [5.74, 6) is 3.14. The molecule has 1 unspecified atom stereocenters. The third-order valence-corrected chi connectivity index (χ3v) is 7.59. The van der Waals surface area contributed by atoms with Crippen molar-refractivity contribution in [3.05, 3.63) is 103 Å². The topological polar surface area (TPSA) is 79.1 Å². The van der Waals surface area contributed by atoms with E-state index >= 15 is 0 Å². The molecule has 4 aromatic rings. The number of fused-ring (bicyclic) bond motifs is 2. The van der Waals surface area contributed by atoms with Crippen LogP contribution in [-0.4, -0.2) is 29.9 Å². The normalized spacial score (nSPS) is 14.9. The largest absolute Gasteiger partial charge is 0.491 e. The summed E-state index contributed by atoms with van der Waals surface area (Å²) < 4.78 is 19.4. The first-order valence-electron chi connectivity index (χ1n) is 13.4. The first-order chi connectivity index (χ1) is 19.8. The first kappa shape index (κ1) is 27.9. The SMILES string of the molecule is C#CCOc1ccc2ccccc2c1/C=c1\sc2n(c1=O)C(c1ccccc1OC(C)C)C(C(=O)OCC)=C(C)N=2. The van der Waals surface area contributed by atoms with Crippen molar-refractivity contribution >= 4 is 34.2 Å². The van der Waals surface area contributed by atoms with E-state index in [0.29, 0.717) is 37.7 Å². The van der Waals surface area contributed by atoms with Gasteiger partial charge in [0.05, 0.1) is 28.5 Å². The fourth-order valence-corrected chi connectivity index (χ4v) is 5.98. The second kappa shape index (κ2) is 11.9. The molecule has 0 saturated heterocycles. The van der Waals surface area contributed by atoms with Crippen molar-refractivity contribution in [1.29, 1.82) is 0 Å². The molecule has 0 radical (unpaired) electrons. The van der Waals surface area contributed by atoms with Gasteiger partial charge in [-0.05, 0) is 56.7 Å². The van der Waals surface area contributed by atoms with Crippen molar-refractivity contribution < 1.29 is 19.0 Å². The maximum atomic E-state index is 14.2. The smallest absolute Gasteiger partial charge is 0.338 e. The van der Waals surface area contributed by atoms with Crippen LogP contribution in [0.5, 0.6) is 11.5 Å². The number of nitrogens with zero attached hydrogens (tertiary/aromatic N) is 2. The number of rotatable bonds is 8. The Balaban J connectivity index is 1.79. The molecule has 7 nitrogen and oxygen atoms in total. The van der Waals surface area contributed by atoms with Gasteiger partial charge in [0, 0.05) is 11.1 Å². The molecule has 3 aromatic carbocycles. The number of benzene rings is 3. The molecule has 0 N–H and O–H groups in total. The number of carbonyl (C=O) groups is 1.